The highest BCUT2D eigenvalue weighted by Gasteiger charge is 2.77. The van der Waals surface area contributed by atoms with Crippen molar-refractivity contribution in [1.82, 2.24) is 0 Å². The lowest BCUT2D eigenvalue weighted by atomic mass is 10.2. The van der Waals surface area contributed by atoms with Crippen LogP contribution in [0.4, 0.5) is 30.7 Å². The van der Waals surface area contributed by atoms with Crippen molar-refractivity contribution in [3.8, 4) is 0 Å². The molecule has 0 aliphatic rings. The van der Waals surface area contributed by atoms with Crippen LogP contribution in [0.25, 0.3) is 0 Å². The molecule has 15 heavy (non-hydrogen) atoms. The van der Waals surface area contributed by atoms with Crippen LogP contribution in [-0.4, -0.2) is 36.7 Å². The molecule has 0 aromatic rings. The van der Waals surface area contributed by atoms with Gasteiger partial charge in [-0.05, 0) is 0 Å². The first-order chi connectivity index (χ1) is 6.31. The second kappa shape index (κ2) is 3.47. The van der Waals surface area contributed by atoms with Gasteiger partial charge in [0.1, 0.15) is 0 Å². The fraction of sp³-hybridized carbons (Fsp3) is 1.00. The molecule has 0 aromatic carbocycles. The van der Waals surface area contributed by atoms with E-state index in [4.69, 9.17) is 4.55 Å². The van der Waals surface area contributed by atoms with Crippen molar-refractivity contribution < 1.29 is 43.7 Å². The van der Waals surface area contributed by atoms with Gasteiger partial charge >= 0.3 is 27.2 Å². The van der Waals surface area contributed by atoms with E-state index in [0.29, 0.717) is 0 Å². The minimum Gasteiger partial charge on any atom is -0.281 e. The van der Waals surface area contributed by atoms with E-state index in [1.165, 1.54) is 0 Å². The molecular formula is C4H3F7O3S. The summed E-state index contributed by atoms with van der Waals surface area (Å²) in [7, 11) is -6.78. The van der Waals surface area contributed by atoms with E-state index < -0.39 is 33.9 Å². The van der Waals surface area contributed by atoms with Crippen molar-refractivity contribution in [3.63, 3.8) is 0 Å². The quantitative estimate of drug-likeness (QED) is 0.621. The summed E-state index contributed by atoms with van der Waals surface area (Å²) >= 11 is 0. The zero-order valence-electron chi connectivity index (χ0n) is 6.52. The zero-order chi connectivity index (χ0) is 12.7. The lowest BCUT2D eigenvalue weighted by Gasteiger charge is -2.28. The molecule has 0 aromatic heterocycles. The zero-order valence-corrected chi connectivity index (χ0v) is 7.34. The number of halogens is 7. The molecule has 11 heteroatoms. The number of hydrogen-bond donors (Lipinski definition) is 1. The number of alkyl halides is 7. The maximum Gasteiger partial charge on any atom is 0.438 e. The molecule has 1 N–H and O–H groups in total. The van der Waals surface area contributed by atoms with Crippen LogP contribution in [0.3, 0.4) is 0 Å². The molecule has 0 saturated heterocycles. The largest absolute Gasteiger partial charge is 0.438 e. The summed E-state index contributed by atoms with van der Waals surface area (Å²) in [5.74, 6) is -12.5. The van der Waals surface area contributed by atoms with Crippen LogP contribution in [0.5, 0.6) is 0 Å². The molecule has 0 saturated carbocycles. The van der Waals surface area contributed by atoms with E-state index in [1.54, 1.807) is 0 Å². The van der Waals surface area contributed by atoms with Crippen LogP contribution < -0.4 is 0 Å². The number of rotatable bonds is 4. The molecule has 0 fully saturated rings. The molecule has 0 rings (SSSR count). The van der Waals surface area contributed by atoms with Crippen LogP contribution in [0, 0.1) is 0 Å². The smallest absolute Gasteiger partial charge is 0.281 e. The Kier molecular flexibility index (Phi) is 3.34. The molecule has 0 aliphatic heterocycles. The Hall–Kier alpha value is -0.580. The molecule has 3 nitrogen and oxygen atoms in total. The van der Waals surface area contributed by atoms with Crippen LogP contribution in [0.2, 0.25) is 0 Å². The highest BCUT2D eigenvalue weighted by Crippen LogP contribution is 2.48. The van der Waals surface area contributed by atoms with Gasteiger partial charge in [-0.2, -0.15) is 34.8 Å². The van der Waals surface area contributed by atoms with Gasteiger partial charge < -0.3 is 0 Å². The fourth-order valence-electron chi connectivity index (χ4n) is 0.459. The van der Waals surface area contributed by atoms with Gasteiger partial charge in [0.05, 0.1) is 0 Å². The molecule has 0 aliphatic carbocycles. The van der Waals surface area contributed by atoms with Crippen molar-refractivity contribution in [2.75, 3.05) is 6.67 Å². The van der Waals surface area contributed by atoms with Crippen LogP contribution in [0.15, 0.2) is 0 Å². The fourth-order valence-corrected chi connectivity index (χ4v) is 0.932. The SMILES string of the molecule is O=S(=O)(O)C(F)(F)C(F)(F)C(F)(F)CF. The molecule has 92 valence electrons. The molecule has 0 radical (unpaired) electrons. The molecule has 0 atom stereocenters. The third-order valence-corrected chi connectivity index (χ3v) is 2.22. The Morgan fingerprint density at radius 3 is 1.53 bits per heavy atom. The Labute approximate surface area is 78.6 Å². The Morgan fingerprint density at radius 2 is 1.33 bits per heavy atom. The Morgan fingerprint density at radius 1 is 1.00 bits per heavy atom. The Bertz CT molecular complexity index is 334. The van der Waals surface area contributed by atoms with Gasteiger partial charge in [0.2, 0.25) is 0 Å². The minimum absolute atomic E-state index is 3.20. The highest BCUT2D eigenvalue weighted by atomic mass is 32.2. The van der Waals surface area contributed by atoms with Gasteiger partial charge in [0.25, 0.3) is 0 Å². The lowest BCUT2D eigenvalue weighted by molar-refractivity contribution is -0.284. The van der Waals surface area contributed by atoms with Crippen LogP contribution >= 0.6 is 0 Å². The second-order valence-corrected chi connectivity index (χ2v) is 3.87. The topological polar surface area (TPSA) is 54.4 Å². The molecule has 0 spiro atoms. The Balaban J connectivity index is 5.59. The third kappa shape index (κ3) is 2.02. The third-order valence-electron chi connectivity index (χ3n) is 1.32. The molecule has 0 unspecified atom stereocenters. The molecule has 0 amide bonds. The standard InChI is InChI=1S/C4H3F7O3S/c5-1-2(6,7)3(8,9)4(10,11)15(12,13)14/h1H2,(H,12,13,14). The first-order valence-corrected chi connectivity index (χ1v) is 4.41. The summed E-state index contributed by atoms with van der Waals surface area (Å²) in [6, 6.07) is 0. The van der Waals surface area contributed by atoms with Gasteiger partial charge in [0, 0.05) is 0 Å². The van der Waals surface area contributed by atoms with Gasteiger partial charge in [-0.3, -0.25) is 4.55 Å². The van der Waals surface area contributed by atoms with Gasteiger partial charge in [-0.1, -0.05) is 0 Å². The van der Waals surface area contributed by atoms with E-state index in [0.717, 1.165) is 0 Å². The van der Waals surface area contributed by atoms with Gasteiger partial charge in [0.15, 0.2) is 6.67 Å². The van der Waals surface area contributed by atoms with Crippen molar-refractivity contribution in [2.24, 2.45) is 0 Å². The van der Waals surface area contributed by atoms with Gasteiger partial charge in [-0.15, -0.1) is 0 Å². The van der Waals surface area contributed by atoms with Crippen molar-refractivity contribution >= 4 is 10.1 Å². The summed E-state index contributed by atoms with van der Waals surface area (Å²) in [4.78, 5) is 0. The molecule has 0 heterocycles. The predicted molar refractivity (Wildman–Crippen MR) is 32.4 cm³/mol. The minimum atomic E-state index is -6.78. The van der Waals surface area contributed by atoms with E-state index in [2.05, 4.69) is 0 Å². The number of hydrogen-bond acceptors (Lipinski definition) is 2. The van der Waals surface area contributed by atoms with Gasteiger partial charge in [-0.25, -0.2) is 4.39 Å². The van der Waals surface area contributed by atoms with Crippen molar-refractivity contribution in [1.29, 1.82) is 0 Å². The van der Waals surface area contributed by atoms with E-state index in [9.17, 15) is 39.2 Å². The average Bonchev–Trinajstić information content (AvgIpc) is 2.01. The van der Waals surface area contributed by atoms with E-state index >= 15 is 0 Å². The maximum absolute atomic E-state index is 12.2. The summed E-state index contributed by atoms with van der Waals surface area (Å²) in [6.45, 7) is -3.20. The van der Waals surface area contributed by atoms with Crippen LogP contribution in [-0.2, 0) is 10.1 Å². The summed E-state index contributed by atoms with van der Waals surface area (Å²) in [6.07, 6.45) is 0. The van der Waals surface area contributed by atoms with Crippen molar-refractivity contribution in [3.05, 3.63) is 0 Å². The monoisotopic (exact) mass is 264 g/mol. The first-order valence-electron chi connectivity index (χ1n) is 2.97. The summed E-state index contributed by atoms with van der Waals surface area (Å²) < 4.78 is 111. The van der Waals surface area contributed by atoms with Crippen molar-refractivity contribution in [2.45, 2.75) is 17.1 Å². The average molecular weight is 264 g/mol. The van der Waals surface area contributed by atoms with Crippen LogP contribution in [0.1, 0.15) is 0 Å². The molecular weight excluding hydrogens is 261 g/mol. The first kappa shape index (κ1) is 14.4. The normalized spacial score (nSPS) is 15.5. The lowest BCUT2D eigenvalue weighted by Crippen LogP contribution is -2.58. The van der Waals surface area contributed by atoms with E-state index in [-0.39, 0.29) is 0 Å². The summed E-state index contributed by atoms with van der Waals surface area (Å²) in [5, 5.41) is -6.48. The maximum atomic E-state index is 12.2. The predicted octanol–water partition coefficient (Wildman–Crippen LogP) is 1.71. The second-order valence-electron chi connectivity index (χ2n) is 2.40. The summed E-state index contributed by atoms with van der Waals surface area (Å²) in [5.41, 5.74) is 0. The highest BCUT2D eigenvalue weighted by molar-refractivity contribution is 7.87. The van der Waals surface area contributed by atoms with E-state index in [1.807, 2.05) is 0 Å². The molecule has 0 bridgehead atoms.